The van der Waals surface area contributed by atoms with Crippen LogP contribution < -0.4 is 4.74 Å². The molecule has 0 heterocycles. The van der Waals surface area contributed by atoms with Crippen LogP contribution in [0.3, 0.4) is 0 Å². The molecule has 0 aliphatic rings. The van der Waals surface area contributed by atoms with Gasteiger partial charge in [0, 0.05) is 17.5 Å². The molecule has 0 unspecified atom stereocenters. The molecule has 2 rings (SSSR count). The first-order chi connectivity index (χ1) is 10.2. The lowest BCUT2D eigenvalue weighted by atomic mass is 10.2. The van der Waals surface area contributed by atoms with Crippen LogP contribution >= 0.6 is 11.6 Å². The molecule has 0 saturated carbocycles. The Morgan fingerprint density at radius 2 is 1.90 bits per heavy atom. The Hall–Kier alpha value is -2.02. The molecule has 0 aromatic heterocycles. The van der Waals surface area contributed by atoms with Crippen LogP contribution in [0.25, 0.3) is 0 Å². The Morgan fingerprint density at radius 3 is 2.57 bits per heavy atom. The van der Waals surface area contributed by atoms with Crippen LogP contribution in [-0.2, 0) is 6.61 Å². The fourth-order valence-corrected chi connectivity index (χ4v) is 1.90. The summed E-state index contributed by atoms with van der Waals surface area (Å²) >= 11 is 5.93. The summed E-state index contributed by atoms with van der Waals surface area (Å²) in [5.74, 6) is 5.99. The molecule has 0 aliphatic carbocycles. The number of hydrogen-bond donors (Lipinski definition) is 1. The average molecular weight is 305 g/mol. The largest absolute Gasteiger partial charge is 0.489 e. The molecule has 1 N–H and O–H groups in total. The van der Waals surface area contributed by atoms with Gasteiger partial charge in [0.1, 0.15) is 18.2 Å². The smallest absolute Gasteiger partial charge is 0.131 e. The van der Waals surface area contributed by atoms with E-state index in [9.17, 15) is 4.39 Å². The molecular formula is C17H14ClFO2. The van der Waals surface area contributed by atoms with Crippen molar-refractivity contribution < 1.29 is 14.2 Å². The Kier molecular flexibility index (Phi) is 5.62. The van der Waals surface area contributed by atoms with E-state index >= 15 is 0 Å². The summed E-state index contributed by atoms with van der Waals surface area (Å²) in [6.07, 6.45) is 0.448. The molecule has 21 heavy (non-hydrogen) atoms. The van der Waals surface area contributed by atoms with Crippen LogP contribution in [0.2, 0.25) is 5.02 Å². The Morgan fingerprint density at radius 1 is 1.14 bits per heavy atom. The highest BCUT2D eigenvalue weighted by molar-refractivity contribution is 6.31. The summed E-state index contributed by atoms with van der Waals surface area (Å²) in [7, 11) is 0. The van der Waals surface area contributed by atoms with Gasteiger partial charge in [0.25, 0.3) is 0 Å². The minimum Gasteiger partial charge on any atom is -0.489 e. The van der Waals surface area contributed by atoms with Gasteiger partial charge < -0.3 is 9.84 Å². The van der Waals surface area contributed by atoms with Gasteiger partial charge in [0.2, 0.25) is 0 Å². The summed E-state index contributed by atoms with van der Waals surface area (Å²) in [6.45, 7) is 0.124. The van der Waals surface area contributed by atoms with E-state index in [2.05, 4.69) is 11.8 Å². The number of halogens is 2. The van der Waals surface area contributed by atoms with Gasteiger partial charge in [-0.25, -0.2) is 4.39 Å². The summed E-state index contributed by atoms with van der Waals surface area (Å²) in [6, 6.07) is 11.7. The molecule has 0 radical (unpaired) electrons. The van der Waals surface area contributed by atoms with Gasteiger partial charge in [-0.15, -0.1) is 0 Å². The highest BCUT2D eigenvalue weighted by Gasteiger charge is 2.07. The predicted molar refractivity (Wildman–Crippen MR) is 80.8 cm³/mol. The van der Waals surface area contributed by atoms with Crippen LogP contribution in [0.15, 0.2) is 42.5 Å². The molecule has 2 nitrogen and oxygen atoms in total. The average Bonchev–Trinajstić information content (AvgIpc) is 2.48. The highest BCUT2D eigenvalue weighted by atomic mass is 35.5. The Labute approximate surface area is 128 Å². The topological polar surface area (TPSA) is 29.5 Å². The fraction of sp³-hybridized carbons (Fsp3) is 0.176. The van der Waals surface area contributed by atoms with E-state index < -0.39 is 0 Å². The van der Waals surface area contributed by atoms with E-state index in [0.29, 0.717) is 22.8 Å². The van der Waals surface area contributed by atoms with Gasteiger partial charge in [-0.05, 0) is 36.4 Å². The molecule has 0 spiro atoms. The van der Waals surface area contributed by atoms with Crippen LogP contribution in [-0.4, -0.2) is 11.7 Å². The molecule has 0 amide bonds. The first-order valence-electron chi connectivity index (χ1n) is 6.46. The minimum absolute atomic E-state index is 0.0532. The van der Waals surface area contributed by atoms with Gasteiger partial charge >= 0.3 is 0 Å². The highest BCUT2D eigenvalue weighted by Crippen LogP contribution is 2.21. The summed E-state index contributed by atoms with van der Waals surface area (Å²) in [5, 5.41) is 9.00. The van der Waals surface area contributed by atoms with Crippen molar-refractivity contribution in [2.24, 2.45) is 0 Å². The second kappa shape index (κ2) is 7.68. The molecule has 0 saturated heterocycles. The molecule has 2 aromatic carbocycles. The lowest BCUT2D eigenvalue weighted by molar-refractivity contribution is 0.300. The van der Waals surface area contributed by atoms with Crippen molar-refractivity contribution in [3.63, 3.8) is 0 Å². The number of aliphatic hydroxyl groups excluding tert-OH is 1. The van der Waals surface area contributed by atoms with Crippen LogP contribution in [0.5, 0.6) is 5.75 Å². The van der Waals surface area contributed by atoms with Crippen molar-refractivity contribution in [1.82, 2.24) is 0 Å². The van der Waals surface area contributed by atoms with Gasteiger partial charge in [-0.1, -0.05) is 29.5 Å². The van der Waals surface area contributed by atoms with Gasteiger partial charge in [-0.2, -0.15) is 0 Å². The molecule has 4 heteroatoms. The van der Waals surface area contributed by atoms with Gasteiger partial charge in [-0.3, -0.25) is 0 Å². The third kappa shape index (κ3) is 4.49. The van der Waals surface area contributed by atoms with E-state index in [0.717, 1.165) is 5.56 Å². The second-order valence-corrected chi connectivity index (χ2v) is 4.70. The first kappa shape index (κ1) is 15.4. The summed E-state index contributed by atoms with van der Waals surface area (Å²) in [5.41, 5.74) is 1.17. The Bertz CT molecular complexity index is 636. The quantitative estimate of drug-likeness (QED) is 0.871. The maximum Gasteiger partial charge on any atom is 0.131 e. The SMILES string of the molecule is OCCC#Cc1ccc(OCc2c(F)cccc2Cl)cc1. The molecule has 108 valence electrons. The zero-order valence-corrected chi connectivity index (χ0v) is 12.0. The molecule has 0 aliphatic heterocycles. The summed E-state index contributed by atoms with van der Waals surface area (Å²) < 4.78 is 19.1. The van der Waals surface area contributed by atoms with Crippen LogP contribution in [0.1, 0.15) is 17.5 Å². The van der Waals surface area contributed by atoms with Crippen molar-refractivity contribution in [3.8, 4) is 17.6 Å². The minimum atomic E-state index is -0.381. The van der Waals surface area contributed by atoms with Crippen molar-refractivity contribution >= 4 is 11.6 Å². The van der Waals surface area contributed by atoms with E-state index in [1.165, 1.54) is 6.07 Å². The maximum absolute atomic E-state index is 13.6. The monoisotopic (exact) mass is 304 g/mol. The van der Waals surface area contributed by atoms with Crippen molar-refractivity contribution in [1.29, 1.82) is 0 Å². The van der Waals surface area contributed by atoms with Crippen molar-refractivity contribution in [3.05, 3.63) is 64.4 Å². The third-order valence-corrected chi connectivity index (χ3v) is 3.12. The lowest BCUT2D eigenvalue weighted by Crippen LogP contribution is -1.99. The molecule has 0 bridgehead atoms. The second-order valence-electron chi connectivity index (χ2n) is 4.29. The zero-order valence-electron chi connectivity index (χ0n) is 11.3. The van der Waals surface area contributed by atoms with Crippen molar-refractivity contribution in [2.75, 3.05) is 6.61 Å². The van der Waals surface area contributed by atoms with Crippen molar-refractivity contribution in [2.45, 2.75) is 13.0 Å². The first-order valence-corrected chi connectivity index (χ1v) is 6.84. The standard InChI is InChI=1S/C17H14ClFO2/c18-16-5-3-6-17(19)15(16)12-21-14-9-7-13(8-10-14)4-1-2-11-20/h3,5-10,20H,2,11-12H2. The van der Waals surface area contributed by atoms with E-state index in [1.807, 2.05) is 12.1 Å². The molecule has 2 aromatic rings. The van der Waals surface area contributed by atoms with Gasteiger partial charge in [0.15, 0.2) is 0 Å². The van der Waals surface area contributed by atoms with Crippen LogP contribution in [0.4, 0.5) is 4.39 Å². The van der Waals surface area contributed by atoms with E-state index in [4.69, 9.17) is 21.4 Å². The zero-order chi connectivity index (χ0) is 15.1. The lowest BCUT2D eigenvalue weighted by Gasteiger charge is -2.08. The summed E-state index contributed by atoms with van der Waals surface area (Å²) in [4.78, 5) is 0. The number of rotatable bonds is 4. The van der Waals surface area contributed by atoms with E-state index in [-0.39, 0.29) is 19.0 Å². The number of aliphatic hydroxyl groups is 1. The number of benzene rings is 2. The van der Waals surface area contributed by atoms with Crippen LogP contribution in [0, 0.1) is 17.7 Å². The molecule has 0 fully saturated rings. The third-order valence-electron chi connectivity index (χ3n) is 2.77. The maximum atomic E-state index is 13.6. The van der Waals surface area contributed by atoms with E-state index in [1.54, 1.807) is 24.3 Å². The predicted octanol–water partition coefficient (Wildman–Crippen LogP) is 3.79. The molecule has 0 atom stereocenters. The van der Waals surface area contributed by atoms with Gasteiger partial charge in [0.05, 0.1) is 11.6 Å². The molecular weight excluding hydrogens is 291 g/mol. The Balaban J connectivity index is 2.00. The fourth-order valence-electron chi connectivity index (χ4n) is 1.68. The number of ether oxygens (including phenoxy) is 1. The normalized spacial score (nSPS) is 9.86. The number of hydrogen-bond acceptors (Lipinski definition) is 2.